The monoisotopic (exact) mass is 329 g/mol. The molecule has 0 radical (unpaired) electrons. The van der Waals surface area contributed by atoms with E-state index in [2.05, 4.69) is 21.2 Å². The highest BCUT2D eigenvalue weighted by molar-refractivity contribution is 9.10. The maximum Gasteiger partial charge on any atom is 0.242 e. The van der Waals surface area contributed by atoms with Crippen LogP contribution in [0.25, 0.3) is 0 Å². The predicted octanol–water partition coefficient (Wildman–Crippen LogP) is 4.18. The van der Waals surface area contributed by atoms with Gasteiger partial charge in [-0.15, -0.1) is 11.6 Å². The second kappa shape index (κ2) is 6.58. The molecule has 0 heterocycles. The quantitative estimate of drug-likeness (QED) is 0.828. The number of rotatable bonds is 3. The average molecular weight is 331 g/mol. The molecule has 0 aliphatic heterocycles. The van der Waals surface area contributed by atoms with Gasteiger partial charge in [0, 0.05) is 10.5 Å². The van der Waals surface area contributed by atoms with Crippen LogP contribution >= 0.6 is 27.5 Å². The van der Waals surface area contributed by atoms with Crippen LogP contribution in [0, 0.1) is 0 Å². The van der Waals surface area contributed by atoms with Gasteiger partial charge in [-0.1, -0.05) is 53.4 Å². The molecule has 0 bridgehead atoms. The number of hydrogen-bond acceptors (Lipinski definition) is 1. The Morgan fingerprint density at radius 2 is 1.94 bits per heavy atom. The lowest BCUT2D eigenvalue weighted by molar-refractivity contribution is -0.121. The van der Waals surface area contributed by atoms with Crippen molar-refractivity contribution in [3.63, 3.8) is 0 Å². The summed E-state index contributed by atoms with van der Waals surface area (Å²) in [7, 11) is 0. The number of carbonyl (C=O) groups is 1. The van der Waals surface area contributed by atoms with E-state index in [1.165, 1.54) is 19.3 Å². The molecule has 2 rings (SSSR count). The van der Waals surface area contributed by atoms with Gasteiger partial charge >= 0.3 is 0 Å². The highest BCUT2D eigenvalue weighted by Gasteiger charge is 2.23. The summed E-state index contributed by atoms with van der Waals surface area (Å²) in [6.45, 7) is 0. The van der Waals surface area contributed by atoms with Crippen LogP contribution in [0.4, 0.5) is 0 Å². The summed E-state index contributed by atoms with van der Waals surface area (Å²) in [6, 6.07) is 7.88. The van der Waals surface area contributed by atoms with Gasteiger partial charge in [0.1, 0.15) is 5.38 Å². The van der Waals surface area contributed by atoms with Gasteiger partial charge in [0.25, 0.3) is 0 Å². The van der Waals surface area contributed by atoms with Gasteiger partial charge in [-0.25, -0.2) is 0 Å². The van der Waals surface area contributed by atoms with E-state index >= 15 is 0 Å². The van der Waals surface area contributed by atoms with Gasteiger partial charge in [0.2, 0.25) is 5.91 Å². The molecule has 0 saturated heterocycles. The molecule has 1 fully saturated rings. The molecule has 1 N–H and O–H groups in total. The molecule has 2 nitrogen and oxygen atoms in total. The number of halogens is 2. The number of amides is 1. The second-order valence-corrected chi connectivity index (χ2v) is 6.02. The average Bonchev–Trinajstić information content (AvgIpc) is 2.39. The molecule has 1 aromatic rings. The first-order chi connectivity index (χ1) is 8.68. The first kappa shape index (κ1) is 13.9. The minimum atomic E-state index is -0.623. The number of hydrogen-bond donors (Lipinski definition) is 1. The zero-order chi connectivity index (χ0) is 13.0. The Balaban J connectivity index is 1.98. The van der Waals surface area contributed by atoms with E-state index in [0.29, 0.717) is 6.04 Å². The first-order valence-electron chi connectivity index (χ1n) is 6.37. The minimum absolute atomic E-state index is 0.0875. The van der Waals surface area contributed by atoms with Gasteiger partial charge in [0.15, 0.2) is 0 Å². The third kappa shape index (κ3) is 3.48. The van der Waals surface area contributed by atoms with E-state index in [1.807, 2.05) is 24.3 Å². The molecule has 1 aliphatic rings. The molecule has 0 aromatic heterocycles. The van der Waals surface area contributed by atoms with E-state index in [9.17, 15) is 4.79 Å². The van der Waals surface area contributed by atoms with Crippen LogP contribution in [-0.2, 0) is 4.79 Å². The number of nitrogens with one attached hydrogen (secondary N) is 1. The molecule has 1 unspecified atom stereocenters. The second-order valence-electron chi connectivity index (χ2n) is 4.73. The van der Waals surface area contributed by atoms with Crippen molar-refractivity contribution in [2.45, 2.75) is 43.5 Å². The molecule has 18 heavy (non-hydrogen) atoms. The zero-order valence-electron chi connectivity index (χ0n) is 10.2. The molecular weight excluding hydrogens is 314 g/mol. The van der Waals surface area contributed by atoms with Gasteiger partial charge in [-0.3, -0.25) is 4.79 Å². The molecule has 98 valence electrons. The maximum atomic E-state index is 12.1. The zero-order valence-corrected chi connectivity index (χ0v) is 12.5. The molecule has 1 saturated carbocycles. The van der Waals surface area contributed by atoms with Crippen LogP contribution in [-0.4, -0.2) is 11.9 Å². The van der Waals surface area contributed by atoms with Crippen LogP contribution in [0.5, 0.6) is 0 Å². The van der Waals surface area contributed by atoms with Crippen molar-refractivity contribution < 1.29 is 4.79 Å². The van der Waals surface area contributed by atoms with Crippen molar-refractivity contribution in [2.75, 3.05) is 0 Å². The Kier molecular flexibility index (Phi) is 5.07. The minimum Gasteiger partial charge on any atom is -0.352 e. The smallest absolute Gasteiger partial charge is 0.242 e. The number of benzene rings is 1. The molecule has 1 aromatic carbocycles. The molecule has 0 spiro atoms. The van der Waals surface area contributed by atoms with Crippen molar-refractivity contribution in [1.29, 1.82) is 0 Å². The largest absolute Gasteiger partial charge is 0.352 e. The van der Waals surface area contributed by atoms with E-state index in [-0.39, 0.29) is 5.91 Å². The SMILES string of the molecule is O=C(NC1CCCCC1)C(Cl)c1ccccc1Br. The van der Waals surface area contributed by atoms with E-state index in [0.717, 1.165) is 22.9 Å². The Labute approximate surface area is 121 Å². The number of alkyl halides is 1. The fourth-order valence-corrected chi connectivity index (χ4v) is 3.24. The van der Waals surface area contributed by atoms with Crippen molar-refractivity contribution in [3.05, 3.63) is 34.3 Å². The summed E-state index contributed by atoms with van der Waals surface area (Å²) in [5.74, 6) is -0.0875. The first-order valence-corrected chi connectivity index (χ1v) is 7.60. The van der Waals surface area contributed by atoms with Gasteiger partial charge in [0.05, 0.1) is 0 Å². The Morgan fingerprint density at radius 3 is 2.61 bits per heavy atom. The summed E-state index contributed by atoms with van der Waals surface area (Å²) < 4.78 is 0.879. The molecule has 1 aliphatic carbocycles. The van der Waals surface area contributed by atoms with Gasteiger partial charge in [-0.05, 0) is 24.5 Å². The summed E-state index contributed by atoms with van der Waals surface area (Å²) in [5, 5.41) is 2.43. The van der Waals surface area contributed by atoms with E-state index in [4.69, 9.17) is 11.6 Å². The molecule has 1 atom stereocenters. The summed E-state index contributed by atoms with van der Waals surface area (Å²) in [4.78, 5) is 12.1. The topological polar surface area (TPSA) is 29.1 Å². The predicted molar refractivity (Wildman–Crippen MR) is 77.8 cm³/mol. The Hall–Kier alpha value is -0.540. The fourth-order valence-electron chi connectivity index (χ4n) is 2.34. The summed E-state index contributed by atoms with van der Waals surface area (Å²) >= 11 is 9.67. The van der Waals surface area contributed by atoms with Crippen LogP contribution in [0.1, 0.15) is 43.0 Å². The van der Waals surface area contributed by atoms with E-state index < -0.39 is 5.38 Å². The number of carbonyl (C=O) groups excluding carboxylic acids is 1. The molecular formula is C14H17BrClNO. The highest BCUT2D eigenvalue weighted by Crippen LogP contribution is 2.28. The Morgan fingerprint density at radius 1 is 1.28 bits per heavy atom. The lowest BCUT2D eigenvalue weighted by Gasteiger charge is -2.24. The van der Waals surface area contributed by atoms with E-state index in [1.54, 1.807) is 0 Å². The fraction of sp³-hybridized carbons (Fsp3) is 0.500. The Bertz CT molecular complexity index is 418. The van der Waals surface area contributed by atoms with Gasteiger partial charge in [-0.2, -0.15) is 0 Å². The highest BCUT2D eigenvalue weighted by atomic mass is 79.9. The van der Waals surface area contributed by atoms with Crippen LogP contribution in [0.3, 0.4) is 0 Å². The normalized spacial score (nSPS) is 18.3. The molecule has 4 heteroatoms. The lowest BCUT2D eigenvalue weighted by Crippen LogP contribution is -2.38. The van der Waals surface area contributed by atoms with Crippen molar-refractivity contribution in [3.8, 4) is 0 Å². The third-order valence-electron chi connectivity index (χ3n) is 3.36. The third-order valence-corrected chi connectivity index (χ3v) is 4.52. The molecule has 1 amide bonds. The van der Waals surface area contributed by atoms with Crippen molar-refractivity contribution in [2.24, 2.45) is 0 Å². The standard InChI is InChI=1S/C14H17BrClNO/c15-12-9-5-4-8-11(12)13(16)14(18)17-10-6-2-1-3-7-10/h4-5,8-10,13H,1-3,6-7H2,(H,17,18). The van der Waals surface area contributed by atoms with Crippen LogP contribution in [0.15, 0.2) is 28.7 Å². The van der Waals surface area contributed by atoms with Crippen molar-refractivity contribution >= 4 is 33.4 Å². The van der Waals surface area contributed by atoms with Gasteiger partial charge < -0.3 is 5.32 Å². The maximum absolute atomic E-state index is 12.1. The van der Waals surface area contributed by atoms with Crippen LogP contribution < -0.4 is 5.32 Å². The van der Waals surface area contributed by atoms with Crippen LogP contribution in [0.2, 0.25) is 0 Å². The summed E-state index contributed by atoms with van der Waals surface area (Å²) in [5.41, 5.74) is 0.826. The summed E-state index contributed by atoms with van der Waals surface area (Å²) in [6.07, 6.45) is 5.83. The van der Waals surface area contributed by atoms with Crippen molar-refractivity contribution in [1.82, 2.24) is 5.32 Å². The lowest BCUT2D eigenvalue weighted by atomic mass is 9.95.